The van der Waals surface area contributed by atoms with Crippen LogP contribution in [0.15, 0.2) is 117 Å². The average molecular weight is 849 g/mol. The first-order valence-corrected chi connectivity index (χ1v) is 24.0. The summed E-state index contributed by atoms with van der Waals surface area (Å²) in [5.41, 5.74) is 3.66. The molecule has 0 aliphatic heterocycles. The lowest BCUT2D eigenvalue weighted by molar-refractivity contribution is 0.211. The lowest BCUT2D eigenvalue weighted by Crippen LogP contribution is -2.45. The van der Waals surface area contributed by atoms with Crippen LogP contribution in [-0.2, 0) is 40.1 Å². The maximum absolute atomic E-state index is 13.0. The topological polar surface area (TPSA) is 191 Å². The van der Waals surface area contributed by atoms with Gasteiger partial charge in [0.05, 0.1) is 19.6 Å². The van der Waals surface area contributed by atoms with Crippen LogP contribution in [0.3, 0.4) is 0 Å². The molecule has 0 aromatic heterocycles. The molecule has 4 rings (SSSR count). The zero-order valence-electron chi connectivity index (χ0n) is 32.1. The third-order valence-electron chi connectivity index (χ3n) is 8.94. The zero-order valence-corrected chi connectivity index (χ0v) is 35.4. The molecule has 4 aromatic rings. The lowest BCUT2D eigenvalue weighted by atomic mass is 10.2. The van der Waals surface area contributed by atoms with Crippen molar-refractivity contribution in [3.63, 3.8) is 0 Å². The van der Waals surface area contributed by atoms with Crippen LogP contribution in [0.25, 0.3) is 0 Å². The molecule has 0 bridgehead atoms. The zero-order chi connectivity index (χ0) is 41.0. The summed E-state index contributed by atoms with van der Waals surface area (Å²) in [6.45, 7) is 9.00. The van der Waals surface area contributed by atoms with E-state index in [9.17, 15) is 33.7 Å². The quantitative estimate of drug-likeness (QED) is 0.0864. The van der Waals surface area contributed by atoms with E-state index in [2.05, 4.69) is 18.9 Å². The van der Waals surface area contributed by atoms with E-state index >= 15 is 0 Å². The van der Waals surface area contributed by atoms with Gasteiger partial charge in [-0.1, -0.05) is 70.8 Å². The van der Waals surface area contributed by atoms with Crippen molar-refractivity contribution >= 4 is 40.1 Å². The van der Waals surface area contributed by atoms with Crippen LogP contribution >= 0.6 is 0 Å². The third kappa shape index (κ3) is 14.1. The molecular formula is C38H52N6O8S4. The molecule has 0 heterocycles. The van der Waals surface area contributed by atoms with E-state index in [1.54, 1.807) is 48.5 Å². The Labute approximate surface area is 332 Å². The highest BCUT2D eigenvalue weighted by Crippen LogP contribution is 2.13. The lowest BCUT2D eigenvalue weighted by Gasteiger charge is -2.28. The third-order valence-corrected chi connectivity index (χ3v) is 14.8. The molecule has 4 aromatic carbocycles. The van der Waals surface area contributed by atoms with Gasteiger partial charge in [-0.05, 0) is 76.2 Å². The van der Waals surface area contributed by atoms with Gasteiger partial charge in [-0.15, -0.1) is 0 Å². The number of sulfonamides is 4. The molecule has 0 radical (unpaired) electrons. The van der Waals surface area contributed by atoms with Gasteiger partial charge in [0.25, 0.3) is 0 Å². The predicted molar refractivity (Wildman–Crippen MR) is 218 cm³/mol. The van der Waals surface area contributed by atoms with Gasteiger partial charge in [0.1, 0.15) is 0 Å². The minimum atomic E-state index is -3.82. The van der Waals surface area contributed by atoms with Crippen molar-refractivity contribution in [3.05, 3.63) is 119 Å². The largest absolute Gasteiger partial charge is 0.299 e. The van der Waals surface area contributed by atoms with Gasteiger partial charge in [0.15, 0.2) is 0 Å². The number of nitrogens with one attached hydrogen (secondary N) is 4. The summed E-state index contributed by atoms with van der Waals surface area (Å²) in [7, 11) is -15.3. The molecule has 0 saturated carbocycles. The minimum Gasteiger partial charge on any atom is -0.299 e. The fourth-order valence-corrected chi connectivity index (χ4v) is 9.59. The van der Waals surface area contributed by atoms with Crippen LogP contribution in [0.5, 0.6) is 0 Å². The second kappa shape index (κ2) is 20.2. The Morgan fingerprint density at radius 3 is 0.679 bits per heavy atom. The highest BCUT2D eigenvalue weighted by Gasteiger charge is 2.20. The molecule has 14 nitrogen and oxygen atoms in total. The van der Waals surface area contributed by atoms with Crippen molar-refractivity contribution in [3.8, 4) is 0 Å². The molecule has 0 amide bonds. The summed E-state index contributed by atoms with van der Waals surface area (Å²) in [5, 5.41) is 0. The van der Waals surface area contributed by atoms with Crippen LogP contribution in [0.2, 0.25) is 0 Å². The SMILES string of the molecule is Cc1ccc(S(=O)(=O)NCCN(CCNS(=O)(=O)c2ccc(C)cc2)CCN(CCNS(=O)(=O)c2ccc(C)cc2)CCNS(=O)(=O)c2ccc(C)cc2)cc1. The molecule has 0 fully saturated rings. The molecule has 0 saturated heterocycles. The van der Waals surface area contributed by atoms with Crippen molar-refractivity contribution < 1.29 is 33.7 Å². The van der Waals surface area contributed by atoms with Crippen LogP contribution in [0.4, 0.5) is 0 Å². The first-order valence-electron chi connectivity index (χ1n) is 18.1. The Morgan fingerprint density at radius 1 is 0.321 bits per heavy atom. The first kappa shape index (κ1) is 45.1. The summed E-state index contributed by atoms with van der Waals surface area (Å²) in [4.78, 5) is 4.24. The second-order valence-electron chi connectivity index (χ2n) is 13.5. The highest BCUT2D eigenvalue weighted by molar-refractivity contribution is 7.90. The second-order valence-corrected chi connectivity index (χ2v) is 20.6. The van der Waals surface area contributed by atoms with Crippen molar-refractivity contribution in [1.82, 2.24) is 28.7 Å². The summed E-state index contributed by atoms with van der Waals surface area (Å²) in [5.74, 6) is 0. The van der Waals surface area contributed by atoms with Crippen molar-refractivity contribution in [1.29, 1.82) is 0 Å². The van der Waals surface area contributed by atoms with E-state index in [0.717, 1.165) is 22.3 Å². The van der Waals surface area contributed by atoms with E-state index in [-0.39, 0.29) is 71.9 Å². The van der Waals surface area contributed by atoms with Gasteiger partial charge in [0.2, 0.25) is 40.1 Å². The number of rotatable bonds is 23. The molecule has 56 heavy (non-hydrogen) atoms. The number of hydrogen-bond acceptors (Lipinski definition) is 10. The summed E-state index contributed by atoms with van der Waals surface area (Å²) in [6, 6.07) is 25.8. The van der Waals surface area contributed by atoms with E-state index in [1.807, 2.05) is 37.5 Å². The van der Waals surface area contributed by atoms with Gasteiger partial charge in [-0.2, -0.15) is 0 Å². The summed E-state index contributed by atoms with van der Waals surface area (Å²) in [6.07, 6.45) is 0. The van der Waals surface area contributed by atoms with Crippen LogP contribution in [0, 0.1) is 27.7 Å². The Balaban J connectivity index is 1.46. The van der Waals surface area contributed by atoms with E-state index in [0.29, 0.717) is 13.1 Å². The molecule has 0 atom stereocenters. The van der Waals surface area contributed by atoms with E-state index in [1.165, 1.54) is 48.5 Å². The smallest absolute Gasteiger partial charge is 0.240 e. The Morgan fingerprint density at radius 2 is 0.500 bits per heavy atom. The standard InChI is InChI=1S/C38H52N6O8S4/c1-31-5-13-35(14-6-31)53(45,46)39-21-25-43(26-22-40-54(47,48)36-15-7-32(2)8-16-36)29-30-44(27-23-41-55(49,50)37-17-9-33(3)10-18-37)28-24-42-56(51,52)38-19-11-34(4)12-20-38/h5-20,39-42H,21-30H2,1-4H3. The fraction of sp³-hybridized carbons (Fsp3) is 0.368. The van der Waals surface area contributed by atoms with Crippen LogP contribution in [-0.4, -0.2) is 109 Å². The Kier molecular flexibility index (Phi) is 16.3. The Hall–Kier alpha value is -3.56. The van der Waals surface area contributed by atoms with Crippen LogP contribution < -0.4 is 18.9 Å². The highest BCUT2D eigenvalue weighted by atomic mass is 32.2. The minimum absolute atomic E-state index is 0.0214. The average Bonchev–Trinajstić information content (AvgIpc) is 3.14. The van der Waals surface area contributed by atoms with Gasteiger partial charge in [0, 0.05) is 65.4 Å². The molecule has 0 aliphatic rings. The van der Waals surface area contributed by atoms with Crippen molar-refractivity contribution in [2.75, 3.05) is 65.4 Å². The summed E-state index contributed by atoms with van der Waals surface area (Å²) < 4.78 is 115. The molecular weight excluding hydrogens is 797 g/mol. The predicted octanol–water partition coefficient (Wildman–Crippen LogP) is 2.74. The number of nitrogens with zero attached hydrogens (tertiary/aromatic N) is 2. The molecule has 4 N–H and O–H groups in total. The normalized spacial score (nSPS) is 12.8. The van der Waals surface area contributed by atoms with Crippen molar-refractivity contribution in [2.24, 2.45) is 0 Å². The van der Waals surface area contributed by atoms with E-state index in [4.69, 9.17) is 0 Å². The Bertz CT molecular complexity index is 1980. The monoisotopic (exact) mass is 848 g/mol. The number of aryl methyl sites for hydroxylation is 4. The number of hydrogen-bond donors (Lipinski definition) is 4. The van der Waals surface area contributed by atoms with Gasteiger partial charge in [-0.25, -0.2) is 52.6 Å². The molecule has 0 unspecified atom stereocenters. The fourth-order valence-electron chi connectivity index (χ4n) is 5.51. The maximum Gasteiger partial charge on any atom is 0.240 e. The maximum atomic E-state index is 13.0. The van der Waals surface area contributed by atoms with Crippen LogP contribution in [0.1, 0.15) is 22.3 Å². The van der Waals surface area contributed by atoms with Gasteiger partial charge in [-0.3, -0.25) is 9.80 Å². The molecule has 0 spiro atoms. The van der Waals surface area contributed by atoms with Gasteiger partial charge < -0.3 is 0 Å². The molecule has 0 aliphatic carbocycles. The summed E-state index contributed by atoms with van der Waals surface area (Å²) >= 11 is 0. The van der Waals surface area contributed by atoms with Crippen molar-refractivity contribution in [2.45, 2.75) is 47.3 Å². The first-order chi connectivity index (χ1) is 26.4. The van der Waals surface area contributed by atoms with E-state index < -0.39 is 40.1 Å². The van der Waals surface area contributed by atoms with Gasteiger partial charge >= 0.3 is 0 Å². The number of benzene rings is 4. The molecule has 18 heteroatoms. The molecule has 306 valence electrons.